The van der Waals surface area contributed by atoms with Crippen LogP contribution in [0.1, 0.15) is 57.1 Å². The molecule has 1 atom stereocenters. The van der Waals surface area contributed by atoms with Crippen LogP contribution in [0.3, 0.4) is 0 Å². The summed E-state index contributed by atoms with van der Waals surface area (Å²) in [6.07, 6.45) is 10.9. The van der Waals surface area contributed by atoms with Gasteiger partial charge in [0.25, 0.3) is 0 Å². The van der Waals surface area contributed by atoms with Crippen molar-refractivity contribution in [3.8, 4) is 11.1 Å². The van der Waals surface area contributed by atoms with E-state index in [9.17, 15) is 9.59 Å². The summed E-state index contributed by atoms with van der Waals surface area (Å²) in [6.45, 7) is 2.52. The van der Waals surface area contributed by atoms with Crippen LogP contribution >= 0.6 is 0 Å². The summed E-state index contributed by atoms with van der Waals surface area (Å²) in [4.78, 5) is 28.1. The van der Waals surface area contributed by atoms with Crippen molar-refractivity contribution in [3.05, 3.63) is 36.4 Å². The van der Waals surface area contributed by atoms with Gasteiger partial charge >= 0.3 is 0 Å². The molecule has 0 aromatic carbocycles. The van der Waals surface area contributed by atoms with Gasteiger partial charge in [-0.2, -0.15) is 10.2 Å². The maximum atomic E-state index is 12.2. The molecule has 8 nitrogen and oxygen atoms in total. The van der Waals surface area contributed by atoms with Crippen molar-refractivity contribution in [1.82, 2.24) is 25.5 Å². The molecule has 0 radical (unpaired) electrons. The van der Waals surface area contributed by atoms with E-state index in [-0.39, 0.29) is 17.7 Å². The van der Waals surface area contributed by atoms with Gasteiger partial charge in [-0.1, -0.05) is 0 Å². The second-order valence-corrected chi connectivity index (χ2v) is 8.68. The third-order valence-corrected chi connectivity index (χ3v) is 6.49. The standard InChI is InChI=1S/C23H30N6O2/c1-15-19(23(31)27-26-15)7-8-21(30)25-13-16-3-5-18(6-4-16)22-20(14-29(2)28-22)17-9-11-24-12-10-17/h9-12,14,16,18-19H,3-8,13H2,1-2H3,(H,25,30)(H,27,31). The average molecular weight is 423 g/mol. The summed E-state index contributed by atoms with van der Waals surface area (Å²) >= 11 is 0. The third kappa shape index (κ3) is 5.00. The third-order valence-electron chi connectivity index (χ3n) is 6.49. The fraction of sp³-hybridized carbons (Fsp3) is 0.522. The van der Waals surface area contributed by atoms with Crippen LogP contribution in [0.15, 0.2) is 35.8 Å². The van der Waals surface area contributed by atoms with Crippen molar-refractivity contribution >= 4 is 17.5 Å². The molecule has 2 amide bonds. The first-order valence-corrected chi connectivity index (χ1v) is 11.1. The van der Waals surface area contributed by atoms with Crippen LogP contribution in [-0.4, -0.2) is 38.8 Å². The fourth-order valence-corrected chi connectivity index (χ4v) is 4.65. The predicted molar refractivity (Wildman–Crippen MR) is 118 cm³/mol. The summed E-state index contributed by atoms with van der Waals surface area (Å²) in [7, 11) is 1.97. The van der Waals surface area contributed by atoms with Crippen molar-refractivity contribution in [2.75, 3.05) is 6.54 Å². The molecule has 2 aromatic rings. The Balaban J connectivity index is 1.25. The van der Waals surface area contributed by atoms with Crippen molar-refractivity contribution in [1.29, 1.82) is 0 Å². The zero-order valence-electron chi connectivity index (χ0n) is 18.2. The molecule has 0 spiro atoms. The molecule has 4 rings (SSSR count). The number of rotatable bonds is 7. The molecule has 3 heterocycles. The maximum Gasteiger partial charge on any atom is 0.248 e. The molecular formula is C23H30N6O2. The summed E-state index contributed by atoms with van der Waals surface area (Å²) < 4.78 is 1.90. The van der Waals surface area contributed by atoms with E-state index in [0.29, 0.717) is 31.2 Å². The van der Waals surface area contributed by atoms with Gasteiger partial charge in [-0.05, 0) is 62.6 Å². The van der Waals surface area contributed by atoms with Gasteiger partial charge in [0, 0.05) is 55.8 Å². The number of pyridine rings is 1. The van der Waals surface area contributed by atoms with Gasteiger partial charge in [0.15, 0.2) is 0 Å². The number of hydrazone groups is 1. The van der Waals surface area contributed by atoms with Crippen LogP contribution in [0.5, 0.6) is 0 Å². The number of aromatic nitrogens is 3. The van der Waals surface area contributed by atoms with Gasteiger partial charge in [-0.3, -0.25) is 19.3 Å². The topological polar surface area (TPSA) is 101 Å². The van der Waals surface area contributed by atoms with Crippen molar-refractivity contribution in [3.63, 3.8) is 0 Å². The first-order valence-electron chi connectivity index (χ1n) is 11.1. The van der Waals surface area contributed by atoms with Crippen LogP contribution in [-0.2, 0) is 16.6 Å². The smallest absolute Gasteiger partial charge is 0.248 e. The molecule has 1 fully saturated rings. The zero-order valence-corrected chi connectivity index (χ0v) is 18.2. The molecule has 1 aliphatic heterocycles. The molecule has 31 heavy (non-hydrogen) atoms. The molecule has 2 N–H and O–H groups in total. The van der Waals surface area contributed by atoms with Crippen LogP contribution in [0.25, 0.3) is 11.1 Å². The minimum Gasteiger partial charge on any atom is -0.356 e. The number of aryl methyl sites for hydroxylation is 1. The highest BCUT2D eigenvalue weighted by atomic mass is 16.2. The van der Waals surface area contributed by atoms with E-state index in [4.69, 9.17) is 5.10 Å². The van der Waals surface area contributed by atoms with E-state index < -0.39 is 0 Å². The van der Waals surface area contributed by atoms with Crippen LogP contribution in [0.2, 0.25) is 0 Å². The minimum atomic E-state index is -0.269. The van der Waals surface area contributed by atoms with E-state index in [1.807, 2.05) is 43.2 Å². The quantitative estimate of drug-likeness (QED) is 0.716. The lowest BCUT2D eigenvalue weighted by molar-refractivity contribution is -0.123. The van der Waals surface area contributed by atoms with Gasteiger partial charge < -0.3 is 5.32 Å². The van der Waals surface area contributed by atoms with Gasteiger partial charge in [0.05, 0.1) is 11.6 Å². The van der Waals surface area contributed by atoms with E-state index in [1.54, 1.807) is 0 Å². The largest absolute Gasteiger partial charge is 0.356 e. The lowest BCUT2D eigenvalue weighted by atomic mass is 9.79. The molecular weight excluding hydrogens is 392 g/mol. The Morgan fingerprint density at radius 2 is 1.97 bits per heavy atom. The highest BCUT2D eigenvalue weighted by molar-refractivity contribution is 6.07. The molecule has 0 bridgehead atoms. The number of hydrogen-bond acceptors (Lipinski definition) is 5. The summed E-state index contributed by atoms with van der Waals surface area (Å²) in [5, 5.41) is 11.8. The summed E-state index contributed by atoms with van der Waals surface area (Å²) in [6, 6.07) is 4.06. The Kier molecular flexibility index (Phi) is 6.44. The molecule has 1 saturated carbocycles. The number of hydrogen-bond donors (Lipinski definition) is 2. The first kappa shape index (κ1) is 21.2. The number of amides is 2. The number of nitrogens with zero attached hydrogens (tertiary/aromatic N) is 4. The molecule has 0 saturated heterocycles. The molecule has 1 aliphatic carbocycles. The molecule has 2 aliphatic rings. The zero-order chi connectivity index (χ0) is 21.8. The number of nitrogens with one attached hydrogen (secondary N) is 2. The van der Waals surface area contributed by atoms with Crippen molar-refractivity contribution in [2.45, 2.75) is 51.4 Å². The highest BCUT2D eigenvalue weighted by Gasteiger charge is 2.28. The second-order valence-electron chi connectivity index (χ2n) is 8.68. The van der Waals surface area contributed by atoms with Crippen LogP contribution < -0.4 is 10.7 Å². The Hall–Kier alpha value is -3.03. The van der Waals surface area contributed by atoms with Gasteiger partial charge in [0.2, 0.25) is 11.8 Å². The summed E-state index contributed by atoms with van der Waals surface area (Å²) in [5.74, 6) is 0.573. The van der Waals surface area contributed by atoms with Crippen molar-refractivity contribution in [2.24, 2.45) is 24.0 Å². The highest BCUT2D eigenvalue weighted by Crippen LogP contribution is 2.39. The second kappa shape index (κ2) is 9.41. The van der Waals surface area contributed by atoms with Gasteiger partial charge in [0.1, 0.15) is 0 Å². The lowest BCUT2D eigenvalue weighted by Crippen LogP contribution is -2.32. The predicted octanol–water partition coefficient (Wildman–Crippen LogP) is 2.77. The Labute approximate surface area is 182 Å². The Bertz CT molecular complexity index is 960. The van der Waals surface area contributed by atoms with E-state index in [1.165, 1.54) is 11.3 Å². The van der Waals surface area contributed by atoms with Gasteiger partial charge in [-0.25, -0.2) is 5.43 Å². The van der Waals surface area contributed by atoms with E-state index in [0.717, 1.165) is 37.0 Å². The molecule has 8 heteroatoms. The Morgan fingerprint density at radius 1 is 1.23 bits per heavy atom. The SMILES string of the molecule is CC1=NNC(=O)C1CCC(=O)NCC1CCC(c2nn(C)cc2-c2ccncc2)CC1. The maximum absolute atomic E-state index is 12.2. The lowest BCUT2D eigenvalue weighted by Gasteiger charge is -2.28. The molecule has 2 aromatic heterocycles. The first-order chi connectivity index (χ1) is 15.0. The fourth-order valence-electron chi connectivity index (χ4n) is 4.65. The van der Waals surface area contributed by atoms with Crippen LogP contribution in [0.4, 0.5) is 0 Å². The number of carbonyl (C=O) groups is 2. The normalized spacial score (nSPS) is 23.4. The minimum absolute atomic E-state index is 0.0133. The van der Waals surface area contributed by atoms with Crippen molar-refractivity contribution < 1.29 is 9.59 Å². The van der Waals surface area contributed by atoms with E-state index in [2.05, 4.69) is 27.0 Å². The summed E-state index contributed by atoms with van der Waals surface area (Å²) in [5.41, 5.74) is 6.75. The van der Waals surface area contributed by atoms with Crippen LogP contribution in [0, 0.1) is 11.8 Å². The number of carbonyl (C=O) groups excluding carboxylic acids is 2. The van der Waals surface area contributed by atoms with Gasteiger partial charge in [-0.15, -0.1) is 0 Å². The molecule has 164 valence electrons. The Morgan fingerprint density at radius 3 is 2.65 bits per heavy atom. The monoisotopic (exact) mass is 422 g/mol. The van der Waals surface area contributed by atoms with E-state index >= 15 is 0 Å². The molecule has 1 unspecified atom stereocenters. The average Bonchev–Trinajstić information content (AvgIpc) is 3.33.